The standard InChI is InChI=1S/C31H32FN3O5/c1-38-25-9-7-24(8-10-25)35-29(36)13-11-26(30(35)22-3-5-23(32)6-4-22)31(37)34-16-14-33(15-17-34)19-21-2-12-27-28(18-21)40-20-39-27/h2-10,12,18,26,30H,11,13-17,19-20H2,1H3/t26-,30-/m0/s1. The Kier molecular flexibility index (Phi) is 7.30. The summed E-state index contributed by atoms with van der Waals surface area (Å²) in [6.07, 6.45) is 0.716. The van der Waals surface area contributed by atoms with Gasteiger partial charge in [-0.25, -0.2) is 4.39 Å². The first-order valence-corrected chi connectivity index (χ1v) is 13.6. The molecule has 0 unspecified atom stereocenters. The van der Waals surface area contributed by atoms with Crippen molar-refractivity contribution in [2.75, 3.05) is 45.0 Å². The van der Waals surface area contributed by atoms with Crippen molar-refractivity contribution in [2.24, 2.45) is 5.92 Å². The number of hydrogen-bond donors (Lipinski definition) is 0. The van der Waals surface area contributed by atoms with Crippen LogP contribution in [-0.2, 0) is 16.1 Å². The van der Waals surface area contributed by atoms with Crippen LogP contribution < -0.4 is 19.1 Å². The van der Waals surface area contributed by atoms with Crippen LogP contribution in [0.3, 0.4) is 0 Å². The number of anilines is 1. The number of carbonyl (C=O) groups is 2. The Balaban J connectivity index is 1.19. The number of carbonyl (C=O) groups excluding carboxylic acids is 2. The highest BCUT2D eigenvalue weighted by atomic mass is 19.1. The van der Waals surface area contributed by atoms with Crippen LogP contribution in [0.15, 0.2) is 66.7 Å². The Morgan fingerprint density at radius 2 is 1.68 bits per heavy atom. The third-order valence-corrected chi connectivity index (χ3v) is 8.00. The molecule has 0 aromatic heterocycles. The van der Waals surface area contributed by atoms with E-state index in [1.54, 1.807) is 36.3 Å². The lowest BCUT2D eigenvalue weighted by Crippen LogP contribution is -2.54. The monoisotopic (exact) mass is 545 g/mol. The molecule has 0 N–H and O–H groups in total. The van der Waals surface area contributed by atoms with Gasteiger partial charge in [0.1, 0.15) is 11.6 Å². The van der Waals surface area contributed by atoms with Gasteiger partial charge in [0, 0.05) is 44.8 Å². The summed E-state index contributed by atoms with van der Waals surface area (Å²) in [5, 5.41) is 0. The van der Waals surface area contributed by atoms with Gasteiger partial charge in [-0.15, -0.1) is 0 Å². The molecule has 3 heterocycles. The van der Waals surface area contributed by atoms with Crippen LogP contribution in [0, 0.1) is 11.7 Å². The Morgan fingerprint density at radius 1 is 0.950 bits per heavy atom. The number of benzene rings is 3. The van der Waals surface area contributed by atoms with Gasteiger partial charge >= 0.3 is 0 Å². The van der Waals surface area contributed by atoms with Crippen LogP contribution >= 0.6 is 0 Å². The van der Waals surface area contributed by atoms with Crippen molar-refractivity contribution in [2.45, 2.75) is 25.4 Å². The third kappa shape index (κ3) is 5.21. The van der Waals surface area contributed by atoms with Gasteiger partial charge in [0.05, 0.1) is 19.1 Å². The van der Waals surface area contributed by atoms with Gasteiger partial charge < -0.3 is 24.0 Å². The van der Waals surface area contributed by atoms with Gasteiger partial charge in [0.2, 0.25) is 18.6 Å². The second-order valence-corrected chi connectivity index (χ2v) is 10.4. The fourth-order valence-electron chi connectivity index (χ4n) is 5.90. The molecule has 40 heavy (non-hydrogen) atoms. The Morgan fingerprint density at radius 3 is 2.40 bits per heavy atom. The Hall–Kier alpha value is -4.11. The second-order valence-electron chi connectivity index (χ2n) is 10.4. The van der Waals surface area contributed by atoms with Gasteiger partial charge in [0.15, 0.2) is 11.5 Å². The molecule has 0 aliphatic carbocycles. The second kappa shape index (κ2) is 11.2. The molecule has 3 aliphatic rings. The van der Waals surface area contributed by atoms with E-state index in [-0.39, 0.29) is 30.8 Å². The zero-order valence-electron chi connectivity index (χ0n) is 22.4. The lowest BCUT2D eigenvalue weighted by molar-refractivity contribution is -0.140. The zero-order valence-corrected chi connectivity index (χ0v) is 22.4. The predicted molar refractivity (Wildman–Crippen MR) is 147 cm³/mol. The minimum absolute atomic E-state index is 0.0306. The van der Waals surface area contributed by atoms with E-state index in [9.17, 15) is 14.0 Å². The molecule has 2 fully saturated rings. The fraction of sp³-hybridized carbons (Fsp3) is 0.355. The molecule has 2 amide bonds. The van der Waals surface area contributed by atoms with Gasteiger partial charge in [-0.1, -0.05) is 18.2 Å². The highest BCUT2D eigenvalue weighted by Gasteiger charge is 2.43. The average Bonchev–Trinajstić information content (AvgIpc) is 3.46. The summed E-state index contributed by atoms with van der Waals surface area (Å²) in [5.74, 6) is 1.39. The first-order valence-electron chi connectivity index (χ1n) is 13.6. The van der Waals surface area contributed by atoms with Gasteiger partial charge in [0.25, 0.3) is 0 Å². The topological polar surface area (TPSA) is 71.6 Å². The first kappa shape index (κ1) is 26.1. The SMILES string of the molecule is COc1ccc(N2C(=O)CC[C@H](C(=O)N3CCN(Cc4ccc5c(c4)OCO5)CC3)[C@@H]2c2ccc(F)cc2)cc1. The maximum absolute atomic E-state index is 14.0. The fourth-order valence-corrected chi connectivity index (χ4v) is 5.90. The number of fused-ring (bicyclic) bond motifs is 1. The number of amides is 2. The molecular weight excluding hydrogens is 513 g/mol. The van der Waals surface area contributed by atoms with Crippen LogP contribution in [0.4, 0.5) is 10.1 Å². The number of piperidine rings is 1. The zero-order chi connectivity index (χ0) is 27.6. The highest BCUT2D eigenvalue weighted by Crippen LogP contribution is 2.41. The summed E-state index contributed by atoms with van der Waals surface area (Å²) >= 11 is 0. The number of methoxy groups -OCH3 is 1. The van der Waals surface area contributed by atoms with E-state index in [0.717, 1.165) is 42.3 Å². The first-order chi connectivity index (χ1) is 19.5. The quantitative estimate of drug-likeness (QED) is 0.458. The summed E-state index contributed by atoms with van der Waals surface area (Å²) < 4.78 is 30.1. The van der Waals surface area contributed by atoms with Crippen LogP contribution in [-0.4, -0.2) is 61.7 Å². The summed E-state index contributed by atoms with van der Waals surface area (Å²) in [4.78, 5) is 33.3. The molecule has 3 aliphatic heterocycles. The van der Waals surface area contributed by atoms with Crippen molar-refractivity contribution in [1.82, 2.24) is 9.80 Å². The lowest BCUT2D eigenvalue weighted by Gasteiger charge is -2.44. The number of halogens is 1. The third-order valence-electron chi connectivity index (χ3n) is 8.00. The largest absolute Gasteiger partial charge is 0.497 e. The molecule has 3 aromatic carbocycles. The van der Waals surface area contributed by atoms with Crippen molar-refractivity contribution in [3.05, 3.63) is 83.7 Å². The molecule has 6 rings (SSSR count). The Labute approximate surface area is 232 Å². The van der Waals surface area contributed by atoms with Crippen LogP contribution in [0.1, 0.15) is 30.0 Å². The van der Waals surface area contributed by atoms with Crippen LogP contribution in [0.2, 0.25) is 0 Å². The maximum atomic E-state index is 14.0. The summed E-state index contributed by atoms with van der Waals surface area (Å²) in [5.41, 5.74) is 2.57. The molecule has 0 radical (unpaired) electrons. The molecule has 208 valence electrons. The van der Waals surface area contributed by atoms with E-state index in [4.69, 9.17) is 14.2 Å². The smallest absolute Gasteiger partial charge is 0.231 e. The number of nitrogens with zero attached hydrogens (tertiary/aromatic N) is 3. The van der Waals surface area contributed by atoms with Gasteiger partial charge in [-0.05, 0) is 66.1 Å². The van der Waals surface area contributed by atoms with E-state index in [2.05, 4.69) is 4.90 Å². The summed E-state index contributed by atoms with van der Waals surface area (Å²) in [7, 11) is 1.59. The summed E-state index contributed by atoms with van der Waals surface area (Å²) in [6.45, 7) is 3.71. The molecule has 0 saturated carbocycles. The molecular formula is C31H32FN3O5. The van der Waals surface area contributed by atoms with E-state index in [1.807, 2.05) is 35.2 Å². The Bertz CT molecular complexity index is 1370. The van der Waals surface area contributed by atoms with Gasteiger partial charge in [-0.2, -0.15) is 0 Å². The molecule has 2 atom stereocenters. The molecule has 8 nitrogen and oxygen atoms in total. The van der Waals surface area contributed by atoms with E-state index < -0.39 is 12.0 Å². The van der Waals surface area contributed by atoms with Crippen molar-refractivity contribution < 1.29 is 28.2 Å². The number of piperazine rings is 1. The number of hydrogen-bond acceptors (Lipinski definition) is 6. The molecule has 2 saturated heterocycles. The molecule has 0 bridgehead atoms. The van der Waals surface area contributed by atoms with E-state index in [0.29, 0.717) is 30.9 Å². The predicted octanol–water partition coefficient (Wildman–Crippen LogP) is 4.39. The highest BCUT2D eigenvalue weighted by molar-refractivity contribution is 5.97. The van der Waals surface area contributed by atoms with Crippen LogP contribution in [0.5, 0.6) is 17.2 Å². The van der Waals surface area contributed by atoms with Crippen molar-refractivity contribution in [1.29, 1.82) is 0 Å². The number of rotatable bonds is 6. The minimum Gasteiger partial charge on any atom is -0.497 e. The minimum atomic E-state index is -0.533. The van der Waals surface area contributed by atoms with E-state index in [1.165, 1.54) is 12.1 Å². The van der Waals surface area contributed by atoms with Crippen molar-refractivity contribution in [3.8, 4) is 17.2 Å². The van der Waals surface area contributed by atoms with E-state index >= 15 is 0 Å². The molecule has 9 heteroatoms. The maximum Gasteiger partial charge on any atom is 0.231 e. The molecule has 0 spiro atoms. The normalized spacial score (nSPS) is 21.0. The van der Waals surface area contributed by atoms with Crippen molar-refractivity contribution >= 4 is 17.5 Å². The van der Waals surface area contributed by atoms with Gasteiger partial charge in [-0.3, -0.25) is 14.5 Å². The van der Waals surface area contributed by atoms with Crippen LogP contribution in [0.25, 0.3) is 0 Å². The average molecular weight is 546 g/mol. The summed E-state index contributed by atoms with van der Waals surface area (Å²) in [6, 6.07) is 18.9. The number of ether oxygens (including phenoxy) is 3. The molecule has 3 aromatic rings. The van der Waals surface area contributed by atoms with Crippen molar-refractivity contribution in [3.63, 3.8) is 0 Å². The lowest BCUT2D eigenvalue weighted by atomic mass is 9.82.